The van der Waals surface area contributed by atoms with E-state index in [9.17, 15) is 23.2 Å². The van der Waals surface area contributed by atoms with Crippen LogP contribution in [-0.2, 0) is 22.6 Å². The predicted molar refractivity (Wildman–Crippen MR) is 99.0 cm³/mol. The molecule has 1 aromatic heterocycles. The Morgan fingerprint density at radius 2 is 1.82 bits per heavy atom. The van der Waals surface area contributed by atoms with Gasteiger partial charge in [0.1, 0.15) is 24.3 Å². The molecule has 1 unspecified atom stereocenters. The Labute approximate surface area is 158 Å². The van der Waals surface area contributed by atoms with E-state index >= 15 is 0 Å². The maximum absolute atomic E-state index is 13.9. The molecule has 28 heavy (non-hydrogen) atoms. The molecule has 0 saturated heterocycles. The minimum Gasteiger partial charge on any atom is -0.456 e. The quantitative estimate of drug-likeness (QED) is 0.631. The number of halogens is 2. The van der Waals surface area contributed by atoms with Crippen LogP contribution < -0.4 is 11.2 Å². The lowest BCUT2D eigenvalue weighted by Crippen LogP contribution is -2.41. The van der Waals surface area contributed by atoms with Gasteiger partial charge in [-0.2, -0.15) is 0 Å². The molecule has 0 aliphatic carbocycles. The smallest absolute Gasteiger partial charge is 0.332 e. The van der Waals surface area contributed by atoms with Gasteiger partial charge < -0.3 is 4.74 Å². The van der Waals surface area contributed by atoms with Gasteiger partial charge in [0.2, 0.25) is 0 Å². The molecule has 8 heteroatoms. The first-order valence-electron chi connectivity index (χ1n) is 8.70. The van der Waals surface area contributed by atoms with E-state index in [-0.39, 0.29) is 12.1 Å². The molecule has 0 bridgehead atoms. The van der Waals surface area contributed by atoms with Gasteiger partial charge in [-0.25, -0.2) is 13.6 Å². The van der Waals surface area contributed by atoms with Crippen molar-refractivity contribution in [2.24, 2.45) is 0 Å². The number of carbonyl (C=O) groups excluding carboxylic acids is 1. The number of fused-ring (bicyclic) bond motifs is 1. The second kappa shape index (κ2) is 7.75. The average molecular weight is 388 g/mol. The maximum atomic E-state index is 13.9. The average Bonchev–Trinajstić information content (AvgIpc) is 2.67. The van der Waals surface area contributed by atoms with E-state index in [0.717, 1.165) is 27.3 Å². The van der Waals surface area contributed by atoms with Crippen LogP contribution in [0.2, 0.25) is 0 Å². The number of aromatic nitrogens is 2. The van der Waals surface area contributed by atoms with Gasteiger partial charge in [0.25, 0.3) is 5.56 Å². The highest BCUT2D eigenvalue weighted by Crippen LogP contribution is 2.21. The summed E-state index contributed by atoms with van der Waals surface area (Å²) < 4.78 is 34.6. The van der Waals surface area contributed by atoms with Crippen LogP contribution in [0.15, 0.2) is 52.1 Å². The number of hydrogen-bond acceptors (Lipinski definition) is 4. The van der Waals surface area contributed by atoms with Crippen LogP contribution >= 0.6 is 0 Å². The number of esters is 1. The Bertz CT molecular complexity index is 1170. The van der Waals surface area contributed by atoms with E-state index in [1.807, 2.05) is 0 Å². The summed E-state index contributed by atoms with van der Waals surface area (Å²) in [4.78, 5) is 37.4. The largest absolute Gasteiger partial charge is 0.456 e. The van der Waals surface area contributed by atoms with Gasteiger partial charge in [-0.15, -0.1) is 0 Å². The lowest BCUT2D eigenvalue weighted by atomic mass is 10.1. The summed E-state index contributed by atoms with van der Waals surface area (Å²) in [5.41, 5.74) is -0.900. The van der Waals surface area contributed by atoms with Crippen molar-refractivity contribution < 1.29 is 18.3 Å². The van der Waals surface area contributed by atoms with Gasteiger partial charge in [-0.3, -0.25) is 18.7 Å². The van der Waals surface area contributed by atoms with Crippen LogP contribution in [0.4, 0.5) is 8.78 Å². The molecule has 3 rings (SSSR count). The van der Waals surface area contributed by atoms with Crippen LogP contribution in [0.1, 0.15) is 25.5 Å². The Balaban J connectivity index is 1.94. The summed E-state index contributed by atoms with van der Waals surface area (Å²) in [7, 11) is 0. The van der Waals surface area contributed by atoms with E-state index in [2.05, 4.69) is 0 Å². The summed E-state index contributed by atoms with van der Waals surface area (Å²) in [5.74, 6) is -2.18. The number of hydrogen-bond donors (Lipinski definition) is 0. The topological polar surface area (TPSA) is 70.3 Å². The fourth-order valence-corrected chi connectivity index (χ4v) is 3.06. The molecule has 3 aromatic rings. The highest BCUT2D eigenvalue weighted by molar-refractivity contribution is 5.80. The van der Waals surface area contributed by atoms with E-state index in [0.29, 0.717) is 10.9 Å². The Morgan fingerprint density at radius 1 is 1.11 bits per heavy atom. The third-order valence-electron chi connectivity index (χ3n) is 4.44. The van der Waals surface area contributed by atoms with E-state index < -0.39 is 41.5 Å². The zero-order chi connectivity index (χ0) is 20.4. The van der Waals surface area contributed by atoms with Gasteiger partial charge in [0.05, 0.1) is 10.9 Å². The SMILES string of the molecule is CCn1c(=O)c2ccccc2n(CC(=O)OC(C)c2cc(F)ccc2F)c1=O. The zero-order valence-electron chi connectivity index (χ0n) is 15.3. The van der Waals surface area contributed by atoms with Crippen LogP contribution in [0, 0.1) is 11.6 Å². The zero-order valence-corrected chi connectivity index (χ0v) is 15.3. The lowest BCUT2D eigenvalue weighted by molar-refractivity contribution is -0.149. The molecule has 2 aromatic carbocycles. The molecular weight excluding hydrogens is 370 g/mol. The molecule has 6 nitrogen and oxygen atoms in total. The number of benzene rings is 2. The predicted octanol–water partition coefficient (Wildman–Crippen LogP) is 2.77. The van der Waals surface area contributed by atoms with Crippen molar-refractivity contribution >= 4 is 16.9 Å². The summed E-state index contributed by atoms with van der Waals surface area (Å²) in [6, 6.07) is 9.29. The van der Waals surface area contributed by atoms with Gasteiger partial charge in [-0.05, 0) is 44.2 Å². The molecule has 0 spiro atoms. The monoisotopic (exact) mass is 388 g/mol. The summed E-state index contributed by atoms with van der Waals surface area (Å²) in [6.07, 6.45) is -1.05. The van der Waals surface area contributed by atoms with Gasteiger partial charge in [0.15, 0.2) is 0 Å². The highest BCUT2D eigenvalue weighted by Gasteiger charge is 2.19. The van der Waals surface area contributed by atoms with Crippen LogP contribution in [0.3, 0.4) is 0 Å². The third kappa shape index (κ3) is 3.58. The van der Waals surface area contributed by atoms with Crippen LogP contribution in [0.5, 0.6) is 0 Å². The Hall–Kier alpha value is -3.29. The molecule has 0 aliphatic rings. The number of nitrogens with zero attached hydrogens (tertiary/aromatic N) is 2. The van der Waals surface area contributed by atoms with Crippen molar-refractivity contribution in [1.29, 1.82) is 0 Å². The second-order valence-electron chi connectivity index (χ2n) is 6.23. The molecule has 1 heterocycles. The summed E-state index contributed by atoms with van der Waals surface area (Å²) in [6.45, 7) is 2.72. The third-order valence-corrected chi connectivity index (χ3v) is 4.44. The van der Waals surface area contributed by atoms with Crippen molar-refractivity contribution in [2.75, 3.05) is 0 Å². The van der Waals surface area contributed by atoms with E-state index in [4.69, 9.17) is 4.74 Å². The molecular formula is C20H18F2N2O4. The Kier molecular flexibility index (Phi) is 5.39. The van der Waals surface area contributed by atoms with Crippen LogP contribution in [-0.4, -0.2) is 15.1 Å². The van der Waals surface area contributed by atoms with Gasteiger partial charge in [-0.1, -0.05) is 12.1 Å². The lowest BCUT2D eigenvalue weighted by Gasteiger charge is -2.16. The Morgan fingerprint density at radius 3 is 2.54 bits per heavy atom. The standard InChI is InChI=1S/C20H18F2N2O4/c1-3-23-19(26)14-6-4-5-7-17(14)24(20(23)27)11-18(25)28-12(2)15-10-13(21)8-9-16(15)22/h4-10,12H,3,11H2,1-2H3. The molecule has 0 N–H and O–H groups in total. The summed E-state index contributed by atoms with van der Waals surface area (Å²) >= 11 is 0. The van der Waals surface area contributed by atoms with Gasteiger partial charge in [0, 0.05) is 12.1 Å². The number of para-hydroxylation sites is 1. The fraction of sp³-hybridized carbons (Fsp3) is 0.250. The molecule has 0 aliphatic heterocycles. The fourth-order valence-electron chi connectivity index (χ4n) is 3.06. The summed E-state index contributed by atoms with van der Waals surface area (Å²) in [5, 5.41) is 0.293. The van der Waals surface area contributed by atoms with Crippen molar-refractivity contribution in [1.82, 2.24) is 9.13 Å². The minimum absolute atomic E-state index is 0.107. The maximum Gasteiger partial charge on any atom is 0.332 e. The molecule has 0 saturated carbocycles. The van der Waals surface area contributed by atoms with Crippen molar-refractivity contribution in [3.05, 3.63) is 80.5 Å². The normalized spacial score (nSPS) is 12.1. The molecule has 0 radical (unpaired) electrons. The molecule has 146 valence electrons. The van der Waals surface area contributed by atoms with Crippen molar-refractivity contribution in [2.45, 2.75) is 33.0 Å². The first-order valence-corrected chi connectivity index (χ1v) is 8.70. The number of carbonyl (C=O) groups is 1. The first-order chi connectivity index (χ1) is 13.3. The molecule has 0 amide bonds. The minimum atomic E-state index is -1.05. The number of rotatable bonds is 5. The highest BCUT2D eigenvalue weighted by atomic mass is 19.1. The molecule has 1 atom stereocenters. The van der Waals surface area contributed by atoms with Crippen LogP contribution in [0.25, 0.3) is 10.9 Å². The van der Waals surface area contributed by atoms with E-state index in [1.54, 1.807) is 31.2 Å². The van der Waals surface area contributed by atoms with Gasteiger partial charge >= 0.3 is 11.7 Å². The van der Waals surface area contributed by atoms with E-state index in [1.165, 1.54) is 6.92 Å². The molecule has 0 fully saturated rings. The second-order valence-corrected chi connectivity index (χ2v) is 6.23. The van der Waals surface area contributed by atoms with Crippen molar-refractivity contribution in [3.63, 3.8) is 0 Å². The first kappa shape index (κ1) is 19.5. The number of ether oxygens (including phenoxy) is 1. The van der Waals surface area contributed by atoms with Crippen molar-refractivity contribution in [3.8, 4) is 0 Å².